The molecule has 4 unspecified atom stereocenters. The van der Waals surface area contributed by atoms with E-state index in [4.69, 9.17) is 9.47 Å². The number of allylic oxidation sites excluding steroid dienone is 2. The molecule has 6 rings (SSSR count). The molecular formula is C38H34O14. The van der Waals surface area contributed by atoms with Crippen LogP contribution in [0.2, 0.25) is 0 Å². The summed E-state index contributed by atoms with van der Waals surface area (Å²) in [6.45, 7) is 7.61. The highest BCUT2D eigenvalue weighted by molar-refractivity contribution is 6.40. The fourth-order valence-electron chi connectivity index (χ4n) is 8.42. The van der Waals surface area contributed by atoms with Gasteiger partial charge < -0.3 is 29.9 Å². The van der Waals surface area contributed by atoms with E-state index in [1.807, 2.05) is 0 Å². The summed E-state index contributed by atoms with van der Waals surface area (Å²) in [7, 11) is 0. The number of esters is 2. The Morgan fingerprint density at radius 1 is 0.615 bits per heavy atom. The summed E-state index contributed by atoms with van der Waals surface area (Å²) in [5.41, 5.74) is -8.14. The molecule has 0 heterocycles. The van der Waals surface area contributed by atoms with Crippen LogP contribution in [0.3, 0.4) is 0 Å². The molecule has 14 heteroatoms. The first-order chi connectivity index (χ1) is 24.1. The van der Waals surface area contributed by atoms with Crippen molar-refractivity contribution in [1.29, 1.82) is 0 Å². The summed E-state index contributed by atoms with van der Waals surface area (Å²) in [4.78, 5) is 106. The number of fused-ring (bicyclic) bond motifs is 2. The average Bonchev–Trinajstić information content (AvgIpc) is 3.00. The van der Waals surface area contributed by atoms with E-state index in [0.29, 0.717) is 0 Å². The van der Waals surface area contributed by atoms with Crippen molar-refractivity contribution >= 4 is 46.6 Å². The van der Waals surface area contributed by atoms with Gasteiger partial charge in [-0.25, -0.2) is 0 Å². The minimum absolute atomic E-state index is 0.274. The minimum Gasteiger partial charge on any atom is -0.506 e. The Kier molecular flexibility index (Phi) is 8.35. The summed E-state index contributed by atoms with van der Waals surface area (Å²) in [6, 6.07) is 4.63. The van der Waals surface area contributed by atoms with Gasteiger partial charge in [0, 0.05) is 60.1 Å². The van der Waals surface area contributed by atoms with E-state index in [9.17, 15) is 58.8 Å². The third-order valence-electron chi connectivity index (χ3n) is 10.3. The first kappa shape index (κ1) is 36.2. The fourth-order valence-corrected chi connectivity index (χ4v) is 8.42. The van der Waals surface area contributed by atoms with Crippen LogP contribution in [-0.4, -0.2) is 90.5 Å². The van der Waals surface area contributed by atoms with Crippen LogP contribution >= 0.6 is 0 Å². The first-order valence-electron chi connectivity index (χ1n) is 16.4. The van der Waals surface area contributed by atoms with Gasteiger partial charge in [0.25, 0.3) is 0 Å². The van der Waals surface area contributed by atoms with Crippen molar-refractivity contribution < 1.29 is 68.3 Å². The van der Waals surface area contributed by atoms with Crippen molar-refractivity contribution in [1.82, 2.24) is 0 Å². The number of carbonyl (C=O) groups is 8. The van der Waals surface area contributed by atoms with Gasteiger partial charge in [-0.2, -0.15) is 0 Å². The van der Waals surface area contributed by atoms with E-state index in [0.717, 1.165) is 26.0 Å². The number of carbonyl (C=O) groups excluding carboxylic acids is 8. The van der Waals surface area contributed by atoms with E-state index in [1.165, 1.54) is 39.8 Å². The monoisotopic (exact) mass is 714 g/mol. The second kappa shape index (κ2) is 12.0. The van der Waals surface area contributed by atoms with Crippen LogP contribution in [0, 0.1) is 11.8 Å². The molecule has 270 valence electrons. The molecule has 0 spiro atoms. The SMILES string of the molecule is CC(=O)OC(C)C1C2=C(C(=O)C[C@]1(C)O)C(=O)c1c(ccc(-c3ccc4c(c3O)C(=O)C3=C(C4=O)C(C(C)OC(C)=O)[C@@](C)(O)CC3=O)c1O)C2=O. The molecule has 2 aromatic rings. The van der Waals surface area contributed by atoms with Crippen LogP contribution in [0.4, 0.5) is 0 Å². The van der Waals surface area contributed by atoms with E-state index in [1.54, 1.807) is 0 Å². The van der Waals surface area contributed by atoms with Gasteiger partial charge in [-0.15, -0.1) is 0 Å². The van der Waals surface area contributed by atoms with Crippen molar-refractivity contribution in [3.63, 3.8) is 0 Å². The van der Waals surface area contributed by atoms with E-state index in [-0.39, 0.29) is 33.4 Å². The number of aromatic hydroxyl groups is 2. The summed E-state index contributed by atoms with van der Waals surface area (Å²) < 4.78 is 10.5. The molecule has 4 aliphatic carbocycles. The third kappa shape index (κ3) is 5.23. The van der Waals surface area contributed by atoms with Crippen LogP contribution in [0.25, 0.3) is 11.1 Å². The topological polar surface area (TPSA) is 236 Å². The minimum atomic E-state index is -1.89. The predicted octanol–water partition coefficient (Wildman–Crippen LogP) is 2.70. The van der Waals surface area contributed by atoms with Gasteiger partial charge in [-0.1, -0.05) is 0 Å². The van der Waals surface area contributed by atoms with Crippen LogP contribution in [0.5, 0.6) is 11.5 Å². The normalized spacial score (nSPS) is 26.7. The molecule has 52 heavy (non-hydrogen) atoms. The van der Waals surface area contributed by atoms with Gasteiger partial charge in [-0.05, 0) is 52.0 Å². The quantitative estimate of drug-likeness (QED) is 0.258. The highest BCUT2D eigenvalue weighted by Gasteiger charge is 2.55. The number of hydrogen-bond acceptors (Lipinski definition) is 14. The number of phenols is 2. The molecule has 0 saturated heterocycles. The number of hydrogen-bond donors (Lipinski definition) is 4. The highest BCUT2D eigenvalue weighted by atomic mass is 16.5. The largest absolute Gasteiger partial charge is 0.506 e. The number of ether oxygens (including phenoxy) is 2. The first-order valence-corrected chi connectivity index (χ1v) is 16.4. The maximum Gasteiger partial charge on any atom is 0.302 e. The molecule has 4 N–H and O–H groups in total. The predicted molar refractivity (Wildman–Crippen MR) is 177 cm³/mol. The zero-order chi connectivity index (χ0) is 38.5. The van der Waals surface area contributed by atoms with Crippen LogP contribution in [0.15, 0.2) is 46.6 Å². The second-order valence-electron chi connectivity index (χ2n) is 14.2. The van der Waals surface area contributed by atoms with E-state index < -0.39 is 128 Å². The Morgan fingerprint density at radius 2 is 0.923 bits per heavy atom. The number of aliphatic hydroxyl groups is 2. The lowest BCUT2D eigenvalue weighted by Crippen LogP contribution is -2.52. The van der Waals surface area contributed by atoms with Crippen molar-refractivity contribution in [2.75, 3.05) is 0 Å². The summed E-state index contributed by atoms with van der Waals surface area (Å²) in [5.74, 6) is -11.4. The molecule has 0 radical (unpaired) electrons. The van der Waals surface area contributed by atoms with E-state index >= 15 is 0 Å². The van der Waals surface area contributed by atoms with Gasteiger partial charge in [0.15, 0.2) is 23.1 Å². The van der Waals surface area contributed by atoms with Crippen molar-refractivity contribution in [2.45, 2.75) is 77.8 Å². The van der Waals surface area contributed by atoms with Gasteiger partial charge in [0.1, 0.15) is 23.7 Å². The standard InChI is InChI=1S/C38H34O14/c1-13(51-15(3)39)29-27-25(21(41)11-37(29,5)49)35(47)23-19(33(27)45)9-7-17(31(23)43)18-8-10-20-24(32(18)44)36(48)26-22(42)12-38(6,50)30(28(26)34(20)46)14(2)52-16(4)40/h7-10,13-14,29-30,43-44,49-50H,11-12H2,1-6H3/t13?,14?,29?,30?,37-,38-/m0/s1. The lowest BCUT2D eigenvalue weighted by atomic mass is 9.64. The summed E-state index contributed by atoms with van der Waals surface area (Å²) in [5, 5.41) is 45.4. The van der Waals surface area contributed by atoms with Gasteiger partial charge in [0.2, 0.25) is 11.6 Å². The summed E-state index contributed by atoms with van der Waals surface area (Å²) >= 11 is 0. The Balaban J connectivity index is 1.48. The lowest BCUT2D eigenvalue weighted by Gasteiger charge is -2.42. The van der Waals surface area contributed by atoms with Gasteiger partial charge in [-0.3, -0.25) is 38.4 Å². The molecule has 0 fully saturated rings. The smallest absolute Gasteiger partial charge is 0.302 e. The lowest BCUT2D eigenvalue weighted by molar-refractivity contribution is -0.154. The molecule has 0 aromatic heterocycles. The number of phenolic OH excluding ortho intramolecular Hbond substituents is 2. The van der Waals surface area contributed by atoms with Crippen LogP contribution < -0.4 is 0 Å². The zero-order valence-corrected chi connectivity index (χ0v) is 28.9. The van der Waals surface area contributed by atoms with Crippen molar-refractivity contribution in [3.05, 3.63) is 68.8 Å². The Hall–Kier alpha value is -5.60. The number of ketones is 6. The van der Waals surface area contributed by atoms with Crippen LogP contribution in [0.1, 0.15) is 95.8 Å². The number of Topliss-reactive ketones (excluding diaryl/α,β-unsaturated/α-hetero) is 6. The van der Waals surface area contributed by atoms with Crippen molar-refractivity contribution in [2.24, 2.45) is 11.8 Å². The molecule has 6 atom stereocenters. The van der Waals surface area contributed by atoms with Crippen LogP contribution in [-0.2, 0) is 28.7 Å². The molecule has 0 bridgehead atoms. The molecular weight excluding hydrogens is 680 g/mol. The number of benzene rings is 2. The third-order valence-corrected chi connectivity index (χ3v) is 10.3. The molecule has 4 aliphatic rings. The molecule has 14 nitrogen and oxygen atoms in total. The molecule has 0 amide bonds. The zero-order valence-electron chi connectivity index (χ0n) is 28.9. The maximum atomic E-state index is 14.0. The molecule has 2 aromatic carbocycles. The van der Waals surface area contributed by atoms with E-state index in [2.05, 4.69) is 0 Å². The Labute approximate surface area is 295 Å². The van der Waals surface area contributed by atoms with Gasteiger partial charge in [0.05, 0.1) is 45.3 Å². The highest BCUT2D eigenvalue weighted by Crippen LogP contribution is 2.51. The molecule has 0 saturated carbocycles. The maximum absolute atomic E-state index is 14.0. The van der Waals surface area contributed by atoms with Crippen molar-refractivity contribution in [3.8, 4) is 22.6 Å². The summed E-state index contributed by atoms with van der Waals surface area (Å²) in [6.07, 6.45) is -3.49. The second-order valence-corrected chi connectivity index (χ2v) is 14.2. The Bertz CT molecular complexity index is 2020. The number of rotatable bonds is 5. The molecule has 0 aliphatic heterocycles. The van der Waals surface area contributed by atoms with Gasteiger partial charge >= 0.3 is 11.9 Å². The average molecular weight is 715 g/mol. The Morgan fingerprint density at radius 3 is 1.23 bits per heavy atom. The fraction of sp³-hybridized carbons (Fsp3) is 0.368.